The van der Waals surface area contributed by atoms with Crippen molar-refractivity contribution in [1.82, 2.24) is 9.97 Å². The molecule has 2 aromatic rings. The lowest BCUT2D eigenvalue weighted by atomic mass is 9.65. The number of aromatic nitrogens is 2. The number of anilines is 1. The largest absolute Gasteiger partial charge is 0.327 e. The lowest BCUT2D eigenvalue weighted by molar-refractivity contribution is -0.122. The third-order valence-electron chi connectivity index (χ3n) is 5.55. The number of fused-ring (bicyclic) bond motifs is 3. The van der Waals surface area contributed by atoms with E-state index in [4.69, 9.17) is 5.73 Å². The number of hydrogen-bond donors (Lipinski definition) is 3. The number of rotatable bonds is 2. The lowest BCUT2D eigenvalue weighted by Crippen LogP contribution is -2.48. The number of nitrogens with zero attached hydrogens (tertiary/aromatic N) is 1. The van der Waals surface area contributed by atoms with Crippen LogP contribution in [0.25, 0.3) is 11.0 Å². The fourth-order valence-electron chi connectivity index (χ4n) is 4.29. The van der Waals surface area contributed by atoms with E-state index in [9.17, 15) is 9.18 Å². The maximum Gasteiger partial charge on any atom is 0.229 e. The van der Waals surface area contributed by atoms with Crippen LogP contribution in [0, 0.1) is 23.6 Å². The Morgan fingerprint density at radius 1 is 1.33 bits per heavy atom. The lowest BCUT2D eigenvalue weighted by Gasteiger charge is -2.43. The van der Waals surface area contributed by atoms with Gasteiger partial charge in [-0.15, -0.1) is 0 Å². The van der Waals surface area contributed by atoms with E-state index < -0.39 is 0 Å². The van der Waals surface area contributed by atoms with Gasteiger partial charge in [-0.25, -0.2) is 9.37 Å². The van der Waals surface area contributed by atoms with Gasteiger partial charge >= 0.3 is 0 Å². The first-order valence-electron chi connectivity index (χ1n) is 8.42. The van der Waals surface area contributed by atoms with Crippen molar-refractivity contribution in [2.45, 2.75) is 38.1 Å². The Morgan fingerprint density at radius 3 is 2.75 bits per heavy atom. The predicted octanol–water partition coefficient (Wildman–Crippen LogP) is 3.56. The minimum atomic E-state index is -0.363. The SMILES string of the molecule is NC1C2CCCC1CC(C(=O)Nc1nc3cc(Br)c(F)cc3[nH]1)C2. The highest BCUT2D eigenvalue weighted by Crippen LogP contribution is 2.42. The zero-order valence-corrected chi connectivity index (χ0v) is 14.8. The molecule has 5 nitrogen and oxygen atoms in total. The third kappa shape index (κ3) is 2.84. The van der Waals surface area contributed by atoms with Crippen LogP contribution < -0.4 is 11.1 Å². The van der Waals surface area contributed by atoms with Crippen molar-refractivity contribution < 1.29 is 9.18 Å². The van der Waals surface area contributed by atoms with Crippen molar-refractivity contribution in [2.24, 2.45) is 23.5 Å². The molecular formula is C17H20BrFN4O. The maximum atomic E-state index is 13.6. The van der Waals surface area contributed by atoms with Gasteiger partial charge in [-0.2, -0.15) is 0 Å². The molecule has 4 N–H and O–H groups in total. The quantitative estimate of drug-likeness (QED) is 0.727. The summed E-state index contributed by atoms with van der Waals surface area (Å²) in [6.45, 7) is 0. The Morgan fingerprint density at radius 2 is 2.04 bits per heavy atom. The number of nitrogens with two attached hydrogens (primary N) is 1. The molecule has 1 heterocycles. The molecule has 0 aliphatic heterocycles. The standard InChI is InChI=1S/C17H20BrFN4O/c18-11-6-13-14(7-12(11)19)22-17(21-13)23-16(24)10-4-8-2-1-3-9(5-10)15(8)20/h6-10,15H,1-5,20H2,(H2,21,22,23,24). The molecule has 2 bridgehead atoms. The first-order chi connectivity index (χ1) is 11.5. The summed E-state index contributed by atoms with van der Waals surface area (Å²) in [4.78, 5) is 19.9. The first-order valence-corrected chi connectivity index (χ1v) is 9.22. The van der Waals surface area contributed by atoms with Gasteiger partial charge in [0, 0.05) is 18.0 Å². The molecule has 0 radical (unpaired) electrons. The van der Waals surface area contributed by atoms with Crippen LogP contribution in [0.2, 0.25) is 0 Å². The van der Waals surface area contributed by atoms with Gasteiger partial charge in [0.2, 0.25) is 11.9 Å². The molecule has 0 saturated heterocycles. The summed E-state index contributed by atoms with van der Waals surface area (Å²) in [5.74, 6) is 0.878. The Hall–Kier alpha value is -1.47. The van der Waals surface area contributed by atoms with Gasteiger partial charge in [0.15, 0.2) is 0 Å². The number of amides is 1. The molecule has 2 unspecified atom stereocenters. The zero-order valence-electron chi connectivity index (χ0n) is 13.2. The van der Waals surface area contributed by atoms with E-state index >= 15 is 0 Å². The van der Waals surface area contributed by atoms with Gasteiger partial charge in [0.1, 0.15) is 5.82 Å². The molecule has 1 aromatic heterocycles. The van der Waals surface area contributed by atoms with Gasteiger partial charge in [0.25, 0.3) is 0 Å². The normalized spacial score (nSPS) is 29.6. The van der Waals surface area contributed by atoms with Crippen molar-refractivity contribution in [3.05, 3.63) is 22.4 Å². The number of nitrogens with one attached hydrogen (secondary N) is 2. The van der Waals surface area contributed by atoms with Crippen molar-refractivity contribution in [2.75, 3.05) is 5.32 Å². The van der Waals surface area contributed by atoms with Crippen LogP contribution in [-0.4, -0.2) is 21.9 Å². The van der Waals surface area contributed by atoms with Crippen LogP contribution in [0.15, 0.2) is 16.6 Å². The molecule has 2 aliphatic rings. The molecular weight excluding hydrogens is 375 g/mol. The predicted molar refractivity (Wildman–Crippen MR) is 93.9 cm³/mol. The summed E-state index contributed by atoms with van der Waals surface area (Å²) in [6.07, 6.45) is 5.17. The van der Waals surface area contributed by atoms with E-state index in [1.54, 1.807) is 6.07 Å². The number of imidazole rings is 1. The minimum absolute atomic E-state index is 0.0163. The van der Waals surface area contributed by atoms with Crippen molar-refractivity contribution in [3.63, 3.8) is 0 Å². The van der Waals surface area contributed by atoms with E-state index in [1.807, 2.05) is 0 Å². The molecule has 2 fully saturated rings. The van der Waals surface area contributed by atoms with Gasteiger partial charge in [-0.3, -0.25) is 10.1 Å². The van der Waals surface area contributed by atoms with Gasteiger partial charge in [0.05, 0.1) is 15.5 Å². The maximum absolute atomic E-state index is 13.6. The highest BCUT2D eigenvalue weighted by Gasteiger charge is 2.40. The van der Waals surface area contributed by atoms with E-state index in [1.165, 1.54) is 12.5 Å². The molecule has 24 heavy (non-hydrogen) atoms. The highest BCUT2D eigenvalue weighted by atomic mass is 79.9. The third-order valence-corrected chi connectivity index (χ3v) is 6.16. The zero-order chi connectivity index (χ0) is 16.8. The Balaban J connectivity index is 1.50. The Bertz CT molecular complexity index is 739. The van der Waals surface area contributed by atoms with Crippen LogP contribution in [0.5, 0.6) is 0 Å². The van der Waals surface area contributed by atoms with E-state index in [0.717, 1.165) is 25.7 Å². The number of H-pyrrole nitrogens is 1. The second kappa shape index (κ2) is 6.11. The van der Waals surface area contributed by atoms with Gasteiger partial charge < -0.3 is 10.7 Å². The fraction of sp³-hybridized carbons (Fsp3) is 0.529. The molecule has 4 rings (SSSR count). The number of aromatic amines is 1. The summed E-state index contributed by atoms with van der Waals surface area (Å²) >= 11 is 3.14. The molecule has 2 saturated carbocycles. The molecule has 1 amide bonds. The minimum Gasteiger partial charge on any atom is -0.327 e. The summed E-state index contributed by atoms with van der Waals surface area (Å²) in [6, 6.07) is 3.21. The van der Waals surface area contributed by atoms with Crippen LogP contribution >= 0.6 is 15.9 Å². The van der Waals surface area contributed by atoms with E-state index in [-0.39, 0.29) is 23.7 Å². The molecule has 0 spiro atoms. The van der Waals surface area contributed by atoms with E-state index in [2.05, 4.69) is 31.2 Å². The van der Waals surface area contributed by atoms with Gasteiger partial charge in [-0.05, 0) is 59.5 Å². The summed E-state index contributed by atoms with van der Waals surface area (Å²) in [5.41, 5.74) is 7.46. The van der Waals surface area contributed by atoms with Crippen molar-refractivity contribution >= 4 is 38.8 Å². The van der Waals surface area contributed by atoms with Crippen LogP contribution in [0.1, 0.15) is 32.1 Å². The molecule has 7 heteroatoms. The van der Waals surface area contributed by atoms with E-state index in [0.29, 0.717) is 33.3 Å². The average Bonchev–Trinajstić information content (AvgIpc) is 2.88. The van der Waals surface area contributed by atoms with Crippen molar-refractivity contribution in [3.8, 4) is 0 Å². The highest BCUT2D eigenvalue weighted by molar-refractivity contribution is 9.10. The second-order valence-electron chi connectivity index (χ2n) is 7.05. The molecule has 128 valence electrons. The van der Waals surface area contributed by atoms with Gasteiger partial charge in [-0.1, -0.05) is 6.42 Å². The second-order valence-corrected chi connectivity index (χ2v) is 7.91. The smallest absolute Gasteiger partial charge is 0.229 e. The van der Waals surface area contributed by atoms with Crippen molar-refractivity contribution in [1.29, 1.82) is 0 Å². The average molecular weight is 395 g/mol. The Labute approximate surface area is 147 Å². The number of halogens is 2. The van der Waals surface area contributed by atoms with Crippen LogP contribution in [0.3, 0.4) is 0 Å². The number of carbonyl (C=O) groups is 1. The number of carbonyl (C=O) groups excluding carboxylic acids is 1. The van der Waals surface area contributed by atoms with Crippen LogP contribution in [-0.2, 0) is 4.79 Å². The first kappa shape index (κ1) is 16.0. The van der Waals surface area contributed by atoms with Crippen LogP contribution in [0.4, 0.5) is 10.3 Å². The summed E-state index contributed by atoms with van der Waals surface area (Å²) < 4.78 is 13.9. The molecule has 1 aromatic carbocycles. The molecule has 2 atom stereocenters. The summed E-state index contributed by atoms with van der Waals surface area (Å²) in [7, 11) is 0. The number of hydrogen-bond acceptors (Lipinski definition) is 3. The topological polar surface area (TPSA) is 83.8 Å². The monoisotopic (exact) mass is 394 g/mol. The summed E-state index contributed by atoms with van der Waals surface area (Å²) in [5, 5.41) is 2.86. The molecule has 2 aliphatic carbocycles. The Kier molecular flexibility index (Phi) is 4.08. The number of benzene rings is 1. The fourth-order valence-corrected chi connectivity index (χ4v) is 4.62.